The van der Waals surface area contributed by atoms with Gasteiger partial charge in [0.25, 0.3) is 0 Å². The Balaban J connectivity index is 1.70. The lowest BCUT2D eigenvalue weighted by molar-refractivity contribution is 0.306. The van der Waals surface area contributed by atoms with E-state index in [1.165, 1.54) is 0 Å². The van der Waals surface area contributed by atoms with Gasteiger partial charge >= 0.3 is 0 Å². The maximum atomic E-state index is 12.5. The minimum absolute atomic E-state index is 0.00274. The predicted octanol–water partition coefficient (Wildman–Crippen LogP) is 5.09. The summed E-state index contributed by atoms with van der Waals surface area (Å²) in [6.07, 6.45) is 5.46. The summed E-state index contributed by atoms with van der Waals surface area (Å²) >= 11 is 3.55. The van der Waals surface area contributed by atoms with Crippen LogP contribution < -0.4 is 10.2 Å². The fourth-order valence-corrected chi connectivity index (χ4v) is 4.01. The summed E-state index contributed by atoms with van der Waals surface area (Å²) in [4.78, 5) is 16.7. The third-order valence-corrected chi connectivity index (χ3v) is 5.30. The van der Waals surface area contributed by atoms with Crippen LogP contribution in [0.3, 0.4) is 0 Å². The monoisotopic (exact) mass is 418 g/mol. The van der Waals surface area contributed by atoms with E-state index in [0.29, 0.717) is 17.7 Å². The number of rotatable bonds is 3. The van der Waals surface area contributed by atoms with Gasteiger partial charge in [0, 0.05) is 45.5 Å². The summed E-state index contributed by atoms with van der Waals surface area (Å²) in [5.74, 6) is 0.682. The molecule has 5 rings (SSSR count). The molecule has 5 heteroatoms. The molecule has 27 heavy (non-hydrogen) atoms. The lowest BCUT2D eigenvalue weighted by atomic mass is 10.1. The summed E-state index contributed by atoms with van der Waals surface area (Å²) in [6, 6.07) is 13.7. The van der Waals surface area contributed by atoms with Crippen molar-refractivity contribution in [2.24, 2.45) is 0 Å². The van der Waals surface area contributed by atoms with Crippen LogP contribution in [-0.2, 0) is 6.61 Å². The fourth-order valence-electron chi connectivity index (χ4n) is 3.65. The normalized spacial score (nSPS) is 11.6. The van der Waals surface area contributed by atoms with Gasteiger partial charge in [-0.3, -0.25) is 9.78 Å². The van der Waals surface area contributed by atoms with Crippen molar-refractivity contribution in [1.82, 2.24) is 9.38 Å². The molecule has 0 saturated heterocycles. The largest absolute Gasteiger partial charge is 0.489 e. The van der Waals surface area contributed by atoms with Crippen molar-refractivity contribution in [3.8, 4) is 5.75 Å². The van der Waals surface area contributed by atoms with Crippen molar-refractivity contribution in [1.29, 1.82) is 0 Å². The highest BCUT2D eigenvalue weighted by molar-refractivity contribution is 9.10. The van der Waals surface area contributed by atoms with Gasteiger partial charge < -0.3 is 9.14 Å². The van der Waals surface area contributed by atoms with Crippen LogP contribution in [0.5, 0.6) is 5.75 Å². The van der Waals surface area contributed by atoms with Gasteiger partial charge in [-0.25, -0.2) is 0 Å². The van der Waals surface area contributed by atoms with Gasteiger partial charge in [0.15, 0.2) is 5.43 Å². The van der Waals surface area contributed by atoms with E-state index in [-0.39, 0.29) is 5.43 Å². The molecule has 0 aliphatic heterocycles. The Morgan fingerprint density at radius 2 is 1.89 bits per heavy atom. The number of aromatic nitrogens is 2. The average Bonchev–Trinajstić information content (AvgIpc) is 2.97. The van der Waals surface area contributed by atoms with Crippen LogP contribution in [0.2, 0.25) is 0 Å². The molecule has 0 bridgehead atoms. The van der Waals surface area contributed by atoms with Gasteiger partial charge in [0.1, 0.15) is 12.4 Å². The number of pyridine rings is 2. The van der Waals surface area contributed by atoms with E-state index in [0.717, 1.165) is 37.4 Å². The van der Waals surface area contributed by atoms with Crippen LogP contribution in [0.25, 0.3) is 27.2 Å². The topological polar surface area (TPSA) is 43.6 Å². The molecule has 3 aromatic heterocycles. The zero-order chi connectivity index (χ0) is 18.5. The average molecular weight is 419 g/mol. The molecule has 0 fully saturated rings. The molecule has 0 spiro atoms. The first-order valence-corrected chi connectivity index (χ1v) is 9.42. The summed E-state index contributed by atoms with van der Waals surface area (Å²) < 4.78 is 9.09. The Kier molecular flexibility index (Phi) is 3.65. The molecule has 0 atom stereocenters. The van der Waals surface area contributed by atoms with Crippen LogP contribution in [0.15, 0.2) is 70.3 Å². The maximum absolute atomic E-state index is 12.5. The Bertz CT molecular complexity index is 1370. The van der Waals surface area contributed by atoms with E-state index in [1.54, 1.807) is 12.3 Å². The Morgan fingerprint density at radius 1 is 1.04 bits per heavy atom. The number of benzene rings is 2. The zero-order valence-corrected chi connectivity index (χ0v) is 16.2. The molecule has 0 aliphatic carbocycles. The number of halogens is 1. The SMILES string of the molecule is Cc1cncc(COc2cc3c(=O)ccn4c5ccc(Br)cc5c(c2)c34)c1. The first kappa shape index (κ1) is 16.3. The number of hydrogen-bond acceptors (Lipinski definition) is 3. The van der Waals surface area contributed by atoms with Crippen molar-refractivity contribution in [3.05, 3.63) is 86.9 Å². The Morgan fingerprint density at radius 3 is 2.74 bits per heavy atom. The minimum Gasteiger partial charge on any atom is -0.489 e. The smallest absolute Gasteiger partial charge is 0.189 e. The van der Waals surface area contributed by atoms with Crippen LogP contribution in [0, 0.1) is 6.92 Å². The molecule has 132 valence electrons. The summed E-state index contributed by atoms with van der Waals surface area (Å²) in [7, 11) is 0. The van der Waals surface area contributed by atoms with E-state index in [2.05, 4.69) is 37.4 Å². The van der Waals surface area contributed by atoms with E-state index < -0.39 is 0 Å². The molecular weight excluding hydrogens is 404 g/mol. The molecule has 0 radical (unpaired) electrons. The summed E-state index contributed by atoms with van der Waals surface area (Å²) in [5, 5.41) is 2.77. The van der Waals surface area contributed by atoms with E-state index >= 15 is 0 Å². The van der Waals surface area contributed by atoms with Crippen LogP contribution in [0.1, 0.15) is 11.1 Å². The number of nitrogens with zero attached hydrogens (tertiary/aromatic N) is 2. The number of aryl methyl sites for hydroxylation is 1. The fraction of sp³-hybridized carbons (Fsp3) is 0.0909. The van der Waals surface area contributed by atoms with Crippen molar-refractivity contribution in [2.75, 3.05) is 0 Å². The van der Waals surface area contributed by atoms with Gasteiger partial charge in [-0.1, -0.05) is 15.9 Å². The molecule has 0 saturated carbocycles. The second kappa shape index (κ2) is 6.06. The lowest BCUT2D eigenvalue weighted by Crippen LogP contribution is -2.03. The summed E-state index contributed by atoms with van der Waals surface area (Å²) in [5.41, 5.74) is 4.09. The quantitative estimate of drug-likeness (QED) is 0.409. The highest BCUT2D eigenvalue weighted by Gasteiger charge is 2.15. The number of hydrogen-bond donors (Lipinski definition) is 0. The van der Waals surface area contributed by atoms with Crippen molar-refractivity contribution in [3.63, 3.8) is 0 Å². The number of fused-ring (bicyclic) bond motifs is 3. The second-order valence-corrected chi connectivity index (χ2v) is 7.65. The van der Waals surface area contributed by atoms with Crippen molar-refractivity contribution in [2.45, 2.75) is 13.5 Å². The molecule has 0 N–H and O–H groups in total. The van der Waals surface area contributed by atoms with Gasteiger partial charge in [-0.2, -0.15) is 0 Å². The number of ether oxygens (including phenoxy) is 1. The molecule has 3 heterocycles. The van der Waals surface area contributed by atoms with Crippen molar-refractivity contribution < 1.29 is 4.74 Å². The molecule has 0 amide bonds. The Hall–Kier alpha value is -2.92. The van der Waals surface area contributed by atoms with E-state index in [4.69, 9.17) is 4.74 Å². The standard InChI is InChI=1S/C22H15BrN2O2/c1-13-6-14(11-24-10-13)12-27-16-8-18-17-7-15(23)2-3-20(17)25-5-4-21(26)19(9-16)22(18)25/h2-11H,12H2,1H3. The molecule has 2 aromatic carbocycles. The van der Waals surface area contributed by atoms with Crippen LogP contribution in [-0.4, -0.2) is 9.38 Å². The third kappa shape index (κ3) is 2.66. The first-order chi connectivity index (χ1) is 13.1. The zero-order valence-electron chi connectivity index (χ0n) is 14.6. The Labute approximate surface area is 163 Å². The maximum Gasteiger partial charge on any atom is 0.189 e. The van der Waals surface area contributed by atoms with Gasteiger partial charge in [-0.05, 0) is 48.9 Å². The molecule has 0 aliphatic rings. The molecule has 0 unspecified atom stereocenters. The highest BCUT2D eigenvalue weighted by Crippen LogP contribution is 2.35. The van der Waals surface area contributed by atoms with Gasteiger partial charge in [-0.15, -0.1) is 0 Å². The molecular formula is C22H15BrN2O2. The summed E-state index contributed by atoms with van der Waals surface area (Å²) in [6.45, 7) is 2.41. The third-order valence-electron chi connectivity index (χ3n) is 4.81. The molecule has 4 nitrogen and oxygen atoms in total. The molecule has 5 aromatic rings. The van der Waals surface area contributed by atoms with Crippen molar-refractivity contribution >= 4 is 43.1 Å². The highest BCUT2D eigenvalue weighted by atomic mass is 79.9. The predicted molar refractivity (Wildman–Crippen MR) is 111 cm³/mol. The second-order valence-electron chi connectivity index (χ2n) is 6.74. The first-order valence-electron chi connectivity index (χ1n) is 8.63. The van der Waals surface area contributed by atoms with Gasteiger partial charge in [0.2, 0.25) is 0 Å². The van der Waals surface area contributed by atoms with Gasteiger partial charge in [0.05, 0.1) is 16.4 Å². The minimum atomic E-state index is -0.00274. The lowest BCUT2D eigenvalue weighted by Gasteiger charge is -2.08. The van der Waals surface area contributed by atoms with Crippen LogP contribution in [0.4, 0.5) is 0 Å². The van der Waals surface area contributed by atoms with Crippen LogP contribution >= 0.6 is 15.9 Å². The van der Waals surface area contributed by atoms with E-state index in [9.17, 15) is 4.79 Å². The van der Waals surface area contributed by atoms with E-state index in [1.807, 2.05) is 43.6 Å².